The molecule has 1 aromatic heterocycles. The Balaban J connectivity index is 1.33. The second kappa shape index (κ2) is 11.1. The Hall–Kier alpha value is -4.09. The van der Waals surface area contributed by atoms with E-state index in [1.165, 1.54) is 6.33 Å². The van der Waals surface area contributed by atoms with Crippen molar-refractivity contribution >= 4 is 23.7 Å². The lowest BCUT2D eigenvalue weighted by Crippen LogP contribution is -2.42. The highest BCUT2D eigenvalue weighted by Crippen LogP contribution is 2.45. The van der Waals surface area contributed by atoms with Crippen LogP contribution in [0.25, 0.3) is 11.3 Å². The molecule has 1 saturated carbocycles. The number of ether oxygens (including phenoxy) is 3. The van der Waals surface area contributed by atoms with Crippen molar-refractivity contribution in [2.24, 2.45) is 5.16 Å². The van der Waals surface area contributed by atoms with Crippen LogP contribution in [-0.2, 0) is 19.7 Å². The van der Waals surface area contributed by atoms with Gasteiger partial charge in [-0.1, -0.05) is 5.16 Å². The van der Waals surface area contributed by atoms with E-state index >= 15 is 0 Å². The fourth-order valence-electron chi connectivity index (χ4n) is 5.54. The summed E-state index contributed by atoms with van der Waals surface area (Å²) in [5.74, 6) is 1.08. The molecule has 0 radical (unpaired) electrons. The molecule has 3 aliphatic rings. The lowest BCUT2D eigenvalue weighted by Gasteiger charge is -2.35. The summed E-state index contributed by atoms with van der Waals surface area (Å²) in [5, 5.41) is 10.1. The van der Waals surface area contributed by atoms with Crippen LogP contribution in [0.15, 0.2) is 29.7 Å². The van der Waals surface area contributed by atoms with E-state index < -0.39 is 23.2 Å². The van der Waals surface area contributed by atoms with Crippen LogP contribution in [0.4, 0.5) is 15.4 Å². The number of fused-ring (bicyclic) bond motifs is 3. The van der Waals surface area contributed by atoms with Gasteiger partial charge in [-0.25, -0.2) is 19.6 Å². The van der Waals surface area contributed by atoms with Crippen molar-refractivity contribution in [1.82, 2.24) is 20.6 Å². The Labute approximate surface area is 239 Å². The normalized spacial score (nSPS) is 24.0. The van der Waals surface area contributed by atoms with Gasteiger partial charge in [0.25, 0.3) is 0 Å². The predicted molar refractivity (Wildman–Crippen MR) is 152 cm³/mol. The second-order valence-corrected chi connectivity index (χ2v) is 12.2. The molecule has 1 atom stereocenters. The average Bonchev–Trinajstić information content (AvgIpc) is 3.30. The van der Waals surface area contributed by atoms with Gasteiger partial charge in [-0.2, -0.15) is 0 Å². The number of nitrogens with zero attached hydrogens (tertiary/aromatic N) is 3. The van der Waals surface area contributed by atoms with E-state index in [1.807, 2.05) is 52.8 Å². The van der Waals surface area contributed by atoms with Crippen molar-refractivity contribution in [2.75, 3.05) is 18.9 Å². The minimum Gasteiger partial charge on any atom is -0.490 e. The molecule has 2 heterocycles. The highest BCUT2D eigenvalue weighted by molar-refractivity contribution is 6.15. The zero-order chi connectivity index (χ0) is 29.4. The molecule has 5 rings (SSSR count). The van der Waals surface area contributed by atoms with E-state index in [4.69, 9.17) is 24.8 Å². The number of amides is 2. The van der Waals surface area contributed by atoms with Gasteiger partial charge in [0, 0.05) is 28.1 Å². The first-order valence-electron chi connectivity index (χ1n) is 14.0. The number of carbonyl (C=O) groups excluding carboxylic acids is 2. The largest absolute Gasteiger partial charge is 0.490 e. The summed E-state index contributed by atoms with van der Waals surface area (Å²) in [7, 11) is 0. The van der Waals surface area contributed by atoms with Gasteiger partial charge in [0.1, 0.15) is 23.5 Å². The van der Waals surface area contributed by atoms with E-state index in [-0.39, 0.29) is 24.8 Å². The molecular weight excluding hydrogens is 528 g/mol. The number of hydrogen-bond acceptors (Lipinski definition) is 10. The Bertz CT molecular complexity index is 1350. The Kier molecular flexibility index (Phi) is 7.67. The molecule has 1 saturated heterocycles. The molecule has 0 spiro atoms. The molecule has 2 amide bonds. The van der Waals surface area contributed by atoms with Crippen LogP contribution in [0.1, 0.15) is 71.4 Å². The number of nitrogen functional groups attached to an aromatic ring is 1. The van der Waals surface area contributed by atoms with Crippen molar-refractivity contribution < 1.29 is 28.6 Å². The van der Waals surface area contributed by atoms with E-state index in [2.05, 4.69) is 25.8 Å². The average molecular weight is 567 g/mol. The third-order valence-electron chi connectivity index (χ3n) is 7.46. The maximum absolute atomic E-state index is 12.2. The molecule has 0 unspecified atom stereocenters. The summed E-state index contributed by atoms with van der Waals surface area (Å²) < 4.78 is 17.0. The van der Waals surface area contributed by atoms with E-state index in [1.54, 1.807) is 0 Å². The molecule has 1 aliphatic heterocycles. The SMILES string of the molecule is CC(C)(C)OC(=O)NC1CCC(Oc2ccc3c(c2)C(=NOC[C@H]2CNC(=O)O2)C(C)(C)c2c(N)ncnc2-3)CC1. The zero-order valence-electron chi connectivity index (χ0n) is 24.2. The minimum atomic E-state index is -0.678. The summed E-state index contributed by atoms with van der Waals surface area (Å²) in [6, 6.07) is 5.90. The standard InChI is InChI=1S/C29H38N6O6/c1-28(2,3)41-27(37)34-16-6-8-17(9-7-16)39-18-10-11-20-21(12-18)24(35-38-14-19-13-31-26(36)40-19)29(4,5)22-23(20)32-15-33-25(22)30/h10-12,15-17,19H,6-9,13-14H2,1-5H3,(H,31,36)(H,34,37)(H2,30,32,33)/t16?,17?,19-/m1/s1. The molecule has 220 valence electrons. The lowest BCUT2D eigenvalue weighted by atomic mass is 9.70. The van der Waals surface area contributed by atoms with E-state index in [0.717, 1.165) is 48.1 Å². The van der Waals surface area contributed by atoms with Crippen molar-refractivity contribution in [2.45, 2.75) is 89.6 Å². The van der Waals surface area contributed by atoms with Gasteiger partial charge in [-0.3, -0.25) is 0 Å². The Morgan fingerprint density at radius 2 is 1.95 bits per heavy atom. The molecule has 2 aromatic rings. The third kappa shape index (κ3) is 6.31. The van der Waals surface area contributed by atoms with Gasteiger partial charge >= 0.3 is 12.2 Å². The first-order chi connectivity index (χ1) is 19.4. The number of cyclic esters (lactones) is 1. The van der Waals surface area contributed by atoms with Gasteiger partial charge in [-0.15, -0.1) is 0 Å². The molecule has 2 aliphatic carbocycles. The van der Waals surface area contributed by atoms with Crippen LogP contribution < -0.4 is 21.1 Å². The number of benzene rings is 1. The molecule has 2 fully saturated rings. The Morgan fingerprint density at radius 3 is 2.63 bits per heavy atom. The summed E-state index contributed by atoms with van der Waals surface area (Å²) in [6.45, 7) is 10.0. The monoisotopic (exact) mass is 566 g/mol. The van der Waals surface area contributed by atoms with Crippen LogP contribution in [0.3, 0.4) is 0 Å². The fourth-order valence-corrected chi connectivity index (χ4v) is 5.54. The van der Waals surface area contributed by atoms with Crippen molar-refractivity contribution in [3.05, 3.63) is 35.7 Å². The molecule has 41 heavy (non-hydrogen) atoms. The second-order valence-electron chi connectivity index (χ2n) is 12.2. The zero-order valence-corrected chi connectivity index (χ0v) is 24.2. The van der Waals surface area contributed by atoms with E-state index in [9.17, 15) is 9.59 Å². The van der Waals surface area contributed by atoms with Gasteiger partial charge in [0.2, 0.25) is 0 Å². The summed E-state index contributed by atoms with van der Waals surface area (Å²) >= 11 is 0. The van der Waals surface area contributed by atoms with E-state index in [0.29, 0.717) is 23.8 Å². The maximum atomic E-state index is 12.2. The smallest absolute Gasteiger partial charge is 0.407 e. The summed E-state index contributed by atoms with van der Waals surface area (Å²) in [5.41, 5.74) is 8.95. The Morgan fingerprint density at radius 1 is 1.20 bits per heavy atom. The highest BCUT2D eigenvalue weighted by atomic mass is 16.7. The quantitative estimate of drug-likeness (QED) is 0.438. The summed E-state index contributed by atoms with van der Waals surface area (Å²) in [6.07, 6.45) is 3.38. The molecule has 1 aromatic carbocycles. The number of oxime groups is 1. The van der Waals surface area contributed by atoms with Gasteiger partial charge in [-0.05, 0) is 78.5 Å². The number of nitrogens with one attached hydrogen (secondary N) is 2. The van der Waals surface area contributed by atoms with Crippen LogP contribution in [0.5, 0.6) is 5.75 Å². The van der Waals surface area contributed by atoms with Crippen molar-refractivity contribution in [1.29, 1.82) is 0 Å². The summed E-state index contributed by atoms with van der Waals surface area (Å²) in [4.78, 5) is 38.1. The van der Waals surface area contributed by atoms with Gasteiger partial charge in [0.15, 0.2) is 12.7 Å². The predicted octanol–water partition coefficient (Wildman–Crippen LogP) is 4.06. The first kappa shape index (κ1) is 28.4. The van der Waals surface area contributed by atoms with Crippen molar-refractivity contribution in [3.63, 3.8) is 0 Å². The lowest BCUT2D eigenvalue weighted by molar-refractivity contribution is 0.0470. The maximum Gasteiger partial charge on any atom is 0.407 e. The first-order valence-corrected chi connectivity index (χ1v) is 14.0. The fraction of sp³-hybridized carbons (Fsp3) is 0.552. The molecule has 12 heteroatoms. The van der Waals surface area contributed by atoms with Crippen molar-refractivity contribution in [3.8, 4) is 17.0 Å². The highest BCUT2D eigenvalue weighted by Gasteiger charge is 2.41. The number of hydrogen-bond donors (Lipinski definition) is 3. The topological polar surface area (TPSA) is 159 Å². The number of aromatic nitrogens is 2. The number of nitrogens with two attached hydrogens (primary N) is 1. The number of anilines is 1. The molecular formula is C29H38N6O6. The van der Waals surface area contributed by atoms with Crippen LogP contribution in [0, 0.1) is 0 Å². The number of rotatable bonds is 6. The third-order valence-corrected chi connectivity index (χ3v) is 7.46. The van der Waals surface area contributed by atoms with Gasteiger partial charge < -0.3 is 35.4 Å². The van der Waals surface area contributed by atoms with Crippen LogP contribution >= 0.6 is 0 Å². The molecule has 12 nitrogen and oxygen atoms in total. The van der Waals surface area contributed by atoms with Gasteiger partial charge in [0.05, 0.1) is 24.1 Å². The van der Waals surface area contributed by atoms with Crippen LogP contribution in [0.2, 0.25) is 0 Å². The molecule has 0 bridgehead atoms. The van der Waals surface area contributed by atoms with Crippen LogP contribution in [-0.4, -0.2) is 64.9 Å². The number of alkyl carbamates (subject to hydrolysis) is 2. The molecule has 4 N–H and O–H groups in total. The number of carbonyl (C=O) groups is 2. The minimum absolute atomic E-state index is 0.00721.